The van der Waals surface area contributed by atoms with Gasteiger partial charge < -0.3 is 14.6 Å². The first kappa shape index (κ1) is 23.4. The predicted molar refractivity (Wildman–Crippen MR) is 130 cm³/mol. The lowest BCUT2D eigenvalue weighted by molar-refractivity contribution is 0.0912. The number of ether oxygens (including phenoxy) is 1. The Morgan fingerprint density at radius 3 is 2.77 bits per heavy atom. The summed E-state index contributed by atoms with van der Waals surface area (Å²) in [5.41, 5.74) is 2.02. The van der Waals surface area contributed by atoms with Crippen LogP contribution in [0.1, 0.15) is 49.3 Å². The Hall–Kier alpha value is -2.24. The largest absolute Gasteiger partial charge is 0.374 e. The van der Waals surface area contributed by atoms with Crippen LogP contribution in [-0.2, 0) is 11.5 Å². The highest BCUT2D eigenvalue weighted by molar-refractivity contribution is 8.32. The third kappa shape index (κ3) is 5.92. The summed E-state index contributed by atoms with van der Waals surface area (Å²) >= 11 is 0. The maximum atomic E-state index is 9.30. The molecule has 1 aliphatic carbocycles. The monoisotopic (exact) mass is 444 g/mol. The van der Waals surface area contributed by atoms with Crippen molar-refractivity contribution in [3.8, 4) is 6.07 Å². The van der Waals surface area contributed by atoms with E-state index in [2.05, 4.69) is 35.3 Å². The molecule has 2 aromatic heterocycles. The van der Waals surface area contributed by atoms with E-state index in [0.29, 0.717) is 24.8 Å². The van der Waals surface area contributed by atoms with E-state index in [9.17, 15) is 5.26 Å². The van der Waals surface area contributed by atoms with Crippen LogP contribution in [0.2, 0.25) is 0 Å². The van der Waals surface area contributed by atoms with Gasteiger partial charge in [-0.15, -0.1) is 0 Å². The van der Waals surface area contributed by atoms with E-state index in [0.717, 1.165) is 42.1 Å². The van der Waals surface area contributed by atoms with Gasteiger partial charge in [-0.1, -0.05) is 12.8 Å². The molecule has 0 radical (unpaired) electrons. The molecule has 2 aromatic rings. The minimum Gasteiger partial charge on any atom is -0.374 e. The van der Waals surface area contributed by atoms with E-state index < -0.39 is 10.0 Å². The zero-order valence-electron chi connectivity index (χ0n) is 19.2. The van der Waals surface area contributed by atoms with E-state index in [1.165, 1.54) is 12.8 Å². The fraction of sp³-hybridized carbons (Fsp3) is 0.609. The first-order chi connectivity index (χ1) is 14.8. The lowest BCUT2D eigenvalue weighted by Gasteiger charge is -2.24. The molecular weight excluding hydrogens is 408 g/mol. The lowest BCUT2D eigenvalue weighted by Crippen LogP contribution is -2.17. The minimum atomic E-state index is -0.567. The fourth-order valence-corrected chi connectivity index (χ4v) is 4.87. The molecule has 0 aliphatic heterocycles. The number of anilines is 1. The van der Waals surface area contributed by atoms with Gasteiger partial charge in [0, 0.05) is 36.3 Å². The first-order valence-electron chi connectivity index (χ1n) is 10.9. The second-order valence-corrected chi connectivity index (χ2v) is 13.8. The van der Waals surface area contributed by atoms with Gasteiger partial charge in [0.05, 0.1) is 37.0 Å². The van der Waals surface area contributed by atoms with Gasteiger partial charge in [0.25, 0.3) is 0 Å². The zero-order chi connectivity index (χ0) is 22.4. The average Bonchev–Trinajstić information content (AvgIpc) is 3.48. The molecule has 1 unspecified atom stereocenters. The second kappa shape index (κ2) is 10.4. The summed E-state index contributed by atoms with van der Waals surface area (Å²) in [6.07, 6.45) is 17.7. The van der Waals surface area contributed by atoms with Gasteiger partial charge in [0.15, 0.2) is 0 Å². The third-order valence-electron chi connectivity index (χ3n) is 6.01. The highest BCUT2D eigenvalue weighted by Gasteiger charge is 2.27. The number of hydrogen-bond donors (Lipinski definition) is 2. The quantitative estimate of drug-likeness (QED) is 0.395. The van der Waals surface area contributed by atoms with Gasteiger partial charge in [-0.3, -0.25) is 10.1 Å². The number of nitriles is 1. The molecule has 7 nitrogen and oxygen atoms in total. The van der Waals surface area contributed by atoms with E-state index in [-0.39, 0.29) is 6.04 Å². The Bertz CT molecular complexity index is 913. The van der Waals surface area contributed by atoms with Crippen molar-refractivity contribution >= 4 is 21.6 Å². The van der Waals surface area contributed by atoms with Crippen LogP contribution in [0, 0.1) is 22.7 Å². The van der Waals surface area contributed by atoms with Gasteiger partial charge in [-0.05, 0) is 43.6 Å². The van der Waals surface area contributed by atoms with Crippen LogP contribution in [0.25, 0.3) is 0 Å². The molecule has 1 aliphatic rings. The molecule has 0 amide bonds. The summed E-state index contributed by atoms with van der Waals surface area (Å²) in [5, 5.41) is 25.9. The zero-order valence-corrected chi connectivity index (χ0v) is 20.0. The van der Waals surface area contributed by atoms with Gasteiger partial charge >= 0.3 is 0 Å². The summed E-state index contributed by atoms with van der Waals surface area (Å²) in [5.74, 6) is 2.45. The molecule has 1 fully saturated rings. The average molecular weight is 445 g/mol. The van der Waals surface area contributed by atoms with Crippen molar-refractivity contribution in [3.63, 3.8) is 0 Å². The number of nitrogens with zero attached hydrogens (tertiary/aromatic N) is 4. The van der Waals surface area contributed by atoms with E-state index >= 15 is 0 Å². The lowest BCUT2D eigenvalue weighted by atomic mass is 9.96. The maximum absolute atomic E-state index is 9.30. The minimum absolute atomic E-state index is 0.0979. The number of hydrogen-bond acceptors (Lipinski definition) is 5. The Kier molecular flexibility index (Phi) is 7.84. The summed E-state index contributed by atoms with van der Waals surface area (Å²) in [6, 6.07) is 4.38. The van der Waals surface area contributed by atoms with Gasteiger partial charge in [0.1, 0.15) is 12.5 Å². The fourth-order valence-electron chi connectivity index (χ4n) is 4.25. The molecule has 3 rings (SSSR count). The summed E-state index contributed by atoms with van der Waals surface area (Å²) in [4.78, 5) is 0. The van der Waals surface area contributed by atoms with Gasteiger partial charge in [0.2, 0.25) is 0 Å². The highest BCUT2D eigenvalue weighted by atomic mass is 32.3. The van der Waals surface area contributed by atoms with Crippen molar-refractivity contribution in [2.75, 3.05) is 43.5 Å². The highest BCUT2D eigenvalue weighted by Crippen LogP contribution is 2.36. The Balaban J connectivity index is 1.71. The topological polar surface area (TPSA) is 91.7 Å². The molecule has 0 bridgehead atoms. The van der Waals surface area contributed by atoms with Crippen LogP contribution in [0.15, 0.2) is 24.7 Å². The first-order valence-corrected chi connectivity index (χ1v) is 14.0. The van der Waals surface area contributed by atoms with Crippen LogP contribution < -0.4 is 5.32 Å². The molecule has 0 aromatic carbocycles. The van der Waals surface area contributed by atoms with Gasteiger partial charge in [-0.2, -0.15) is 10.4 Å². The van der Waals surface area contributed by atoms with Crippen molar-refractivity contribution in [2.24, 2.45) is 5.92 Å². The molecule has 170 valence electrons. The molecule has 31 heavy (non-hydrogen) atoms. The molecule has 8 heteroatoms. The van der Waals surface area contributed by atoms with Crippen LogP contribution in [0.4, 0.5) is 5.82 Å². The van der Waals surface area contributed by atoms with E-state index in [4.69, 9.17) is 10.1 Å². The summed E-state index contributed by atoms with van der Waals surface area (Å²) in [6.45, 7) is 1.20. The number of aromatic nitrogens is 3. The van der Waals surface area contributed by atoms with Crippen LogP contribution in [-0.4, -0.2) is 58.2 Å². The molecule has 1 saturated carbocycles. The molecule has 1 atom stereocenters. The van der Waals surface area contributed by atoms with Crippen molar-refractivity contribution in [2.45, 2.75) is 44.9 Å². The predicted octanol–water partition coefficient (Wildman–Crippen LogP) is 4.46. The smallest absolute Gasteiger partial charge is 0.124 e. The maximum Gasteiger partial charge on any atom is 0.124 e. The van der Waals surface area contributed by atoms with Crippen LogP contribution in [0.5, 0.6) is 0 Å². The molecular formula is C23H36N6OS. The summed E-state index contributed by atoms with van der Waals surface area (Å²) < 4.78 is 9.80. The third-order valence-corrected chi connectivity index (χ3v) is 7.41. The molecule has 2 heterocycles. The van der Waals surface area contributed by atoms with Crippen molar-refractivity contribution < 1.29 is 4.74 Å². The van der Waals surface area contributed by atoms with E-state index in [1.807, 2.05) is 34.8 Å². The SMILES string of the molecule is CNc1c(C(=N)c2cnn(C(CC#N)C3CCCC3)c2)ccn1COCCS(C)(C)C. The Labute approximate surface area is 187 Å². The van der Waals surface area contributed by atoms with E-state index in [1.54, 1.807) is 6.20 Å². The van der Waals surface area contributed by atoms with Crippen molar-refractivity contribution in [1.82, 2.24) is 14.3 Å². The number of nitrogens with one attached hydrogen (secondary N) is 2. The Morgan fingerprint density at radius 1 is 1.39 bits per heavy atom. The van der Waals surface area contributed by atoms with Crippen molar-refractivity contribution in [3.05, 3.63) is 35.8 Å². The van der Waals surface area contributed by atoms with Crippen molar-refractivity contribution in [1.29, 1.82) is 10.7 Å². The molecule has 2 N–H and O–H groups in total. The number of rotatable bonds is 11. The normalized spacial score (nSPS) is 16.2. The van der Waals surface area contributed by atoms with Crippen LogP contribution in [0.3, 0.4) is 0 Å². The standard InChI is InChI=1S/C23H36N6OS/c1-26-23-20(10-12-28(23)17-30-13-14-31(2,3)4)22(25)19-15-27-29(16-19)21(9-11-24)18-7-5-6-8-18/h10,12,15-16,18,21,25-26H,5-9,13-14,17H2,1-4H3. The summed E-state index contributed by atoms with van der Waals surface area (Å²) in [7, 11) is 1.30. The van der Waals surface area contributed by atoms with Gasteiger partial charge in [-0.25, -0.2) is 10.0 Å². The molecule has 0 spiro atoms. The van der Waals surface area contributed by atoms with Crippen LogP contribution >= 0.6 is 10.0 Å². The molecule has 0 saturated heterocycles. The second-order valence-electron chi connectivity index (χ2n) is 9.19. The Morgan fingerprint density at radius 2 is 2.13 bits per heavy atom.